The van der Waals surface area contributed by atoms with Crippen molar-refractivity contribution in [1.29, 1.82) is 0 Å². The van der Waals surface area contributed by atoms with Crippen LogP contribution in [0, 0.1) is 0 Å². The summed E-state index contributed by atoms with van der Waals surface area (Å²) in [6.45, 7) is 0. The smallest absolute Gasteiger partial charge is 0.335 e. The zero-order chi connectivity index (χ0) is 16.8. The molecule has 2 heterocycles. The Kier molecular flexibility index (Phi) is 3.14. The first-order valence-electron chi connectivity index (χ1n) is 7.05. The summed E-state index contributed by atoms with van der Waals surface area (Å²) in [7, 11) is 0. The van der Waals surface area contributed by atoms with Crippen molar-refractivity contribution in [3.63, 3.8) is 0 Å². The molecule has 0 spiro atoms. The third-order valence-electron chi connectivity index (χ3n) is 3.79. The van der Waals surface area contributed by atoms with E-state index in [9.17, 15) is 9.90 Å². The third kappa shape index (κ3) is 2.16. The Morgan fingerprint density at radius 1 is 1.08 bits per heavy atom. The van der Waals surface area contributed by atoms with Gasteiger partial charge in [-0.2, -0.15) is 0 Å². The minimum Gasteiger partial charge on any atom is -0.505 e. The molecule has 24 heavy (non-hydrogen) atoms. The summed E-state index contributed by atoms with van der Waals surface area (Å²) in [4.78, 5) is 22.6. The maximum absolute atomic E-state index is 11.1. The van der Waals surface area contributed by atoms with Crippen molar-refractivity contribution in [2.75, 3.05) is 0 Å². The maximum atomic E-state index is 11.1. The first kappa shape index (κ1) is 14.5. The van der Waals surface area contributed by atoms with Crippen LogP contribution < -0.4 is 0 Å². The number of pyridine rings is 1. The number of fused-ring (bicyclic) bond motifs is 2. The highest BCUT2D eigenvalue weighted by Crippen LogP contribution is 2.36. The Hall–Kier alpha value is -3.12. The third-order valence-corrected chi connectivity index (χ3v) is 4.08. The molecule has 0 unspecified atom stereocenters. The summed E-state index contributed by atoms with van der Waals surface area (Å²) in [5.74, 6) is -0.743. The highest BCUT2D eigenvalue weighted by atomic mass is 35.5. The van der Waals surface area contributed by atoms with Gasteiger partial charge in [-0.3, -0.25) is 0 Å². The Balaban J connectivity index is 1.96. The van der Waals surface area contributed by atoms with Gasteiger partial charge in [-0.05, 0) is 18.2 Å². The SMILES string of the molecule is O=C(O)c1ccc2nc(-c3nc(Cl)c4ccccc4c3O)[nH]c2c1. The van der Waals surface area contributed by atoms with Gasteiger partial charge in [0.25, 0.3) is 0 Å². The van der Waals surface area contributed by atoms with E-state index in [1.54, 1.807) is 24.3 Å². The van der Waals surface area contributed by atoms with Gasteiger partial charge in [0.05, 0.1) is 16.6 Å². The molecule has 0 bridgehead atoms. The molecule has 0 fully saturated rings. The molecule has 0 atom stereocenters. The van der Waals surface area contributed by atoms with Gasteiger partial charge in [-0.25, -0.2) is 14.8 Å². The summed E-state index contributed by atoms with van der Waals surface area (Å²) < 4.78 is 0. The molecule has 3 N–H and O–H groups in total. The Labute approximate surface area is 140 Å². The number of hydrogen-bond acceptors (Lipinski definition) is 4. The fourth-order valence-corrected chi connectivity index (χ4v) is 2.88. The number of imidazole rings is 1. The number of benzene rings is 2. The van der Waals surface area contributed by atoms with E-state index >= 15 is 0 Å². The molecular formula is C17H10ClN3O3. The second-order valence-electron chi connectivity index (χ2n) is 5.27. The normalized spacial score (nSPS) is 11.2. The van der Waals surface area contributed by atoms with E-state index in [0.717, 1.165) is 0 Å². The zero-order valence-corrected chi connectivity index (χ0v) is 12.9. The quantitative estimate of drug-likeness (QED) is 0.482. The first-order valence-corrected chi connectivity index (χ1v) is 7.43. The van der Waals surface area contributed by atoms with Gasteiger partial charge in [0.2, 0.25) is 0 Å². The van der Waals surface area contributed by atoms with Gasteiger partial charge in [0, 0.05) is 10.8 Å². The van der Waals surface area contributed by atoms with E-state index in [2.05, 4.69) is 15.0 Å². The minimum absolute atomic E-state index is 0.0347. The second-order valence-corrected chi connectivity index (χ2v) is 5.63. The summed E-state index contributed by atoms with van der Waals surface area (Å²) in [6.07, 6.45) is 0. The predicted octanol–water partition coefficient (Wildman–Crippen LogP) is 3.84. The van der Waals surface area contributed by atoms with Gasteiger partial charge in [0.15, 0.2) is 11.6 Å². The van der Waals surface area contributed by atoms with Crippen molar-refractivity contribution in [3.8, 4) is 17.3 Å². The standard InChI is InChI=1S/C17H10ClN3O3/c18-15-10-4-2-1-3-9(10)14(22)13(21-15)16-19-11-6-5-8(17(23)24)7-12(11)20-16/h1-7,22H,(H,19,20)(H,23,24). The molecule has 0 radical (unpaired) electrons. The van der Waals surface area contributed by atoms with Crippen LogP contribution in [-0.2, 0) is 0 Å². The number of hydrogen-bond donors (Lipinski definition) is 3. The molecule has 0 aliphatic heterocycles. The van der Waals surface area contributed by atoms with Gasteiger partial charge in [-0.15, -0.1) is 0 Å². The van der Waals surface area contributed by atoms with Crippen LogP contribution >= 0.6 is 11.6 Å². The van der Waals surface area contributed by atoms with Crippen molar-refractivity contribution in [2.24, 2.45) is 0 Å². The monoisotopic (exact) mass is 339 g/mol. The van der Waals surface area contributed by atoms with Crippen LogP contribution in [0.3, 0.4) is 0 Å². The lowest BCUT2D eigenvalue weighted by atomic mass is 10.1. The number of aromatic nitrogens is 3. The largest absolute Gasteiger partial charge is 0.505 e. The number of nitrogens with one attached hydrogen (secondary N) is 1. The van der Waals surface area contributed by atoms with Crippen molar-refractivity contribution >= 4 is 39.4 Å². The molecule has 4 rings (SSSR count). The molecule has 2 aromatic heterocycles. The Morgan fingerprint density at radius 2 is 1.83 bits per heavy atom. The fourth-order valence-electron chi connectivity index (χ4n) is 2.63. The number of carboxylic acids is 1. The van der Waals surface area contributed by atoms with E-state index in [1.165, 1.54) is 12.1 Å². The van der Waals surface area contributed by atoms with Crippen molar-refractivity contribution in [2.45, 2.75) is 0 Å². The van der Waals surface area contributed by atoms with Crippen LogP contribution in [0.15, 0.2) is 42.5 Å². The number of halogens is 1. The average molecular weight is 340 g/mol. The number of nitrogens with zero attached hydrogens (tertiary/aromatic N) is 2. The number of carbonyl (C=O) groups is 1. The fraction of sp³-hybridized carbons (Fsp3) is 0. The molecule has 118 valence electrons. The van der Waals surface area contributed by atoms with Gasteiger partial charge in [0.1, 0.15) is 10.8 Å². The molecule has 4 aromatic rings. The molecule has 7 heteroatoms. The van der Waals surface area contributed by atoms with E-state index in [0.29, 0.717) is 27.6 Å². The lowest BCUT2D eigenvalue weighted by molar-refractivity contribution is 0.0697. The highest BCUT2D eigenvalue weighted by Gasteiger charge is 2.17. The van der Waals surface area contributed by atoms with Crippen molar-refractivity contribution in [3.05, 3.63) is 53.2 Å². The van der Waals surface area contributed by atoms with Gasteiger partial charge >= 0.3 is 5.97 Å². The number of aromatic hydroxyl groups is 1. The molecule has 0 saturated heterocycles. The van der Waals surface area contributed by atoms with Crippen molar-refractivity contribution < 1.29 is 15.0 Å². The van der Waals surface area contributed by atoms with E-state index in [-0.39, 0.29) is 22.2 Å². The number of H-pyrrole nitrogens is 1. The highest BCUT2D eigenvalue weighted by molar-refractivity contribution is 6.34. The van der Waals surface area contributed by atoms with Gasteiger partial charge in [-0.1, -0.05) is 35.9 Å². The molecule has 2 aromatic carbocycles. The van der Waals surface area contributed by atoms with Crippen LogP contribution in [0.2, 0.25) is 5.15 Å². The van der Waals surface area contributed by atoms with Crippen LogP contribution in [0.4, 0.5) is 0 Å². The molecule has 0 aliphatic carbocycles. The van der Waals surface area contributed by atoms with Crippen LogP contribution in [-0.4, -0.2) is 31.1 Å². The predicted molar refractivity (Wildman–Crippen MR) is 90.5 cm³/mol. The summed E-state index contributed by atoms with van der Waals surface area (Å²) in [5, 5.41) is 21.0. The molecule has 0 saturated carbocycles. The second kappa shape index (κ2) is 5.21. The van der Waals surface area contributed by atoms with Crippen LogP contribution in [0.1, 0.15) is 10.4 Å². The lowest BCUT2D eigenvalue weighted by Crippen LogP contribution is -1.94. The number of aromatic carboxylic acids is 1. The zero-order valence-electron chi connectivity index (χ0n) is 12.1. The summed E-state index contributed by atoms with van der Waals surface area (Å²) >= 11 is 6.21. The van der Waals surface area contributed by atoms with Crippen molar-refractivity contribution in [1.82, 2.24) is 15.0 Å². The van der Waals surface area contributed by atoms with E-state index in [1.807, 2.05) is 6.07 Å². The maximum Gasteiger partial charge on any atom is 0.335 e. The number of aromatic amines is 1. The number of rotatable bonds is 2. The topological polar surface area (TPSA) is 99.1 Å². The average Bonchev–Trinajstić information content (AvgIpc) is 3.01. The summed E-state index contributed by atoms with van der Waals surface area (Å²) in [5.41, 5.74) is 1.47. The van der Waals surface area contributed by atoms with Crippen LogP contribution in [0.5, 0.6) is 5.75 Å². The summed E-state index contributed by atoms with van der Waals surface area (Å²) in [6, 6.07) is 11.7. The molecule has 0 amide bonds. The number of carboxylic acid groups (broad SMARTS) is 1. The van der Waals surface area contributed by atoms with E-state index < -0.39 is 5.97 Å². The molecule has 6 nitrogen and oxygen atoms in total. The Bertz CT molecular complexity index is 1120. The van der Waals surface area contributed by atoms with E-state index in [4.69, 9.17) is 16.7 Å². The molecular weight excluding hydrogens is 330 g/mol. The first-order chi connectivity index (χ1) is 11.5. The molecule has 0 aliphatic rings. The Morgan fingerprint density at radius 3 is 2.58 bits per heavy atom. The lowest BCUT2D eigenvalue weighted by Gasteiger charge is -2.06. The van der Waals surface area contributed by atoms with Gasteiger partial charge < -0.3 is 15.2 Å². The van der Waals surface area contributed by atoms with Crippen LogP contribution in [0.25, 0.3) is 33.3 Å². The minimum atomic E-state index is -1.03.